The SMILES string of the molecule is N#Cc1ccc(-c2cc[nH]c(=S)c2)cc1. The molecular formula is C12H8N2S. The summed E-state index contributed by atoms with van der Waals surface area (Å²) in [5.41, 5.74) is 2.79. The van der Waals surface area contributed by atoms with Gasteiger partial charge in [-0.3, -0.25) is 0 Å². The van der Waals surface area contributed by atoms with Crippen LogP contribution in [0.2, 0.25) is 0 Å². The van der Waals surface area contributed by atoms with Gasteiger partial charge in [-0.2, -0.15) is 5.26 Å². The van der Waals surface area contributed by atoms with Crippen LogP contribution < -0.4 is 0 Å². The van der Waals surface area contributed by atoms with E-state index < -0.39 is 0 Å². The fourth-order valence-corrected chi connectivity index (χ4v) is 1.56. The lowest BCUT2D eigenvalue weighted by Gasteiger charge is -2.00. The highest BCUT2D eigenvalue weighted by Crippen LogP contribution is 2.18. The Morgan fingerprint density at radius 1 is 1.07 bits per heavy atom. The topological polar surface area (TPSA) is 39.6 Å². The van der Waals surface area contributed by atoms with E-state index in [-0.39, 0.29) is 0 Å². The van der Waals surface area contributed by atoms with Crippen LogP contribution in [0.15, 0.2) is 42.6 Å². The Balaban J connectivity index is 2.47. The van der Waals surface area contributed by atoms with Gasteiger partial charge in [-0.1, -0.05) is 24.4 Å². The Hall–Kier alpha value is -1.92. The summed E-state index contributed by atoms with van der Waals surface area (Å²) >= 11 is 5.04. The van der Waals surface area contributed by atoms with Crippen molar-refractivity contribution >= 4 is 12.2 Å². The van der Waals surface area contributed by atoms with Crippen LogP contribution in [-0.4, -0.2) is 4.98 Å². The average Bonchev–Trinajstić information content (AvgIpc) is 2.29. The largest absolute Gasteiger partial charge is 0.353 e. The van der Waals surface area contributed by atoms with Crippen LogP contribution in [0.1, 0.15) is 5.56 Å². The van der Waals surface area contributed by atoms with Crippen molar-refractivity contribution in [3.63, 3.8) is 0 Å². The summed E-state index contributed by atoms with van der Waals surface area (Å²) in [4.78, 5) is 2.93. The summed E-state index contributed by atoms with van der Waals surface area (Å²) in [6, 6.07) is 13.4. The van der Waals surface area contributed by atoms with E-state index in [0.717, 1.165) is 11.1 Å². The number of nitrogens with zero attached hydrogens (tertiary/aromatic N) is 1. The third-order valence-corrected chi connectivity index (χ3v) is 2.36. The van der Waals surface area contributed by atoms with Crippen molar-refractivity contribution in [3.05, 3.63) is 52.8 Å². The van der Waals surface area contributed by atoms with E-state index in [2.05, 4.69) is 11.1 Å². The van der Waals surface area contributed by atoms with Crippen LogP contribution in [-0.2, 0) is 0 Å². The molecule has 0 aliphatic rings. The van der Waals surface area contributed by atoms with Crippen molar-refractivity contribution in [2.45, 2.75) is 0 Å². The van der Waals surface area contributed by atoms with Gasteiger partial charge in [0, 0.05) is 6.20 Å². The lowest BCUT2D eigenvalue weighted by Crippen LogP contribution is -1.80. The van der Waals surface area contributed by atoms with E-state index in [1.807, 2.05) is 30.5 Å². The molecule has 2 nitrogen and oxygen atoms in total. The molecule has 0 fully saturated rings. The van der Waals surface area contributed by atoms with E-state index in [9.17, 15) is 0 Å². The Kier molecular flexibility index (Phi) is 2.61. The van der Waals surface area contributed by atoms with E-state index >= 15 is 0 Å². The third kappa shape index (κ3) is 2.12. The maximum atomic E-state index is 8.67. The van der Waals surface area contributed by atoms with Gasteiger partial charge in [0.05, 0.1) is 11.6 Å². The molecule has 3 heteroatoms. The Morgan fingerprint density at radius 2 is 1.80 bits per heavy atom. The zero-order valence-electron chi connectivity index (χ0n) is 7.90. The van der Waals surface area contributed by atoms with Crippen molar-refractivity contribution < 1.29 is 0 Å². The highest BCUT2D eigenvalue weighted by Gasteiger charge is 1.96. The number of benzene rings is 1. The molecule has 0 aliphatic carbocycles. The van der Waals surface area contributed by atoms with E-state index in [1.54, 1.807) is 12.1 Å². The summed E-state index contributed by atoms with van der Waals surface area (Å²) in [7, 11) is 0. The molecular weight excluding hydrogens is 204 g/mol. The molecule has 72 valence electrons. The molecule has 1 aromatic heterocycles. The number of hydrogen-bond acceptors (Lipinski definition) is 2. The Bertz CT molecular complexity index is 561. The number of hydrogen-bond donors (Lipinski definition) is 1. The number of nitriles is 1. The molecule has 0 unspecified atom stereocenters. The molecule has 0 amide bonds. The number of rotatable bonds is 1. The van der Waals surface area contributed by atoms with Crippen LogP contribution in [0.25, 0.3) is 11.1 Å². The predicted octanol–water partition coefficient (Wildman–Crippen LogP) is 3.28. The van der Waals surface area contributed by atoms with E-state index in [4.69, 9.17) is 17.5 Å². The van der Waals surface area contributed by atoms with Gasteiger partial charge in [-0.15, -0.1) is 0 Å². The summed E-state index contributed by atoms with van der Waals surface area (Å²) in [6.45, 7) is 0. The lowest BCUT2D eigenvalue weighted by atomic mass is 10.1. The minimum absolute atomic E-state index is 0.667. The molecule has 0 saturated heterocycles. The van der Waals surface area contributed by atoms with Crippen LogP contribution in [0.3, 0.4) is 0 Å². The second-order valence-electron chi connectivity index (χ2n) is 3.13. The molecule has 0 saturated carbocycles. The molecule has 1 N–H and O–H groups in total. The quantitative estimate of drug-likeness (QED) is 0.737. The highest BCUT2D eigenvalue weighted by molar-refractivity contribution is 7.71. The number of pyridine rings is 1. The first-order valence-corrected chi connectivity index (χ1v) is 4.90. The molecule has 1 heterocycles. The number of aromatic amines is 1. The van der Waals surface area contributed by atoms with Crippen molar-refractivity contribution in [2.24, 2.45) is 0 Å². The summed E-state index contributed by atoms with van der Waals surface area (Å²) in [6.07, 6.45) is 1.82. The van der Waals surface area contributed by atoms with Gasteiger partial charge < -0.3 is 4.98 Å². The Labute approximate surface area is 92.8 Å². The molecule has 0 aliphatic heterocycles. The van der Waals surface area contributed by atoms with Crippen LogP contribution in [0.4, 0.5) is 0 Å². The monoisotopic (exact) mass is 212 g/mol. The van der Waals surface area contributed by atoms with Gasteiger partial charge >= 0.3 is 0 Å². The van der Waals surface area contributed by atoms with Gasteiger partial charge in [0.25, 0.3) is 0 Å². The molecule has 0 bridgehead atoms. The number of aromatic nitrogens is 1. The van der Waals surface area contributed by atoms with Crippen LogP contribution in [0.5, 0.6) is 0 Å². The van der Waals surface area contributed by atoms with Gasteiger partial charge in [0.2, 0.25) is 0 Å². The molecule has 0 atom stereocenters. The normalized spacial score (nSPS) is 9.53. The van der Waals surface area contributed by atoms with Crippen molar-refractivity contribution in [1.82, 2.24) is 4.98 Å². The molecule has 15 heavy (non-hydrogen) atoms. The van der Waals surface area contributed by atoms with Crippen LogP contribution >= 0.6 is 12.2 Å². The molecule has 2 rings (SSSR count). The van der Waals surface area contributed by atoms with E-state index in [1.165, 1.54) is 0 Å². The summed E-state index contributed by atoms with van der Waals surface area (Å²) < 4.78 is 0.705. The first kappa shape index (κ1) is 9.63. The smallest absolute Gasteiger partial charge is 0.103 e. The third-order valence-electron chi connectivity index (χ3n) is 2.12. The van der Waals surface area contributed by atoms with E-state index in [0.29, 0.717) is 10.2 Å². The Morgan fingerprint density at radius 3 is 2.40 bits per heavy atom. The first-order chi connectivity index (χ1) is 7.29. The molecule has 1 aromatic carbocycles. The minimum atomic E-state index is 0.667. The predicted molar refractivity (Wildman–Crippen MR) is 61.8 cm³/mol. The zero-order chi connectivity index (χ0) is 10.7. The maximum absolute atomic E-state index is 8.67. The molecule has 0 spiro atoms. The first-order valence-electron chi connectivity index (χ1n) is 4.49. The summed E-state index contributed by atoms with van der Waals surface area (Å²) in [5, 5.41) is 8.67. The second kappa shape index (κ2) is 4.07. The maximum Gasteiger partial charge on any atom is 0.103 e. The van der Waals surface area contributed by atoms with Gasteiger partial charge in [0.1, 0.15) is 4.64 Å². The molecule has 2 aromatic rings. The summed E-state index contributed by atoms with van der Waals surface area (Å²) in [5.74, 6) is 0. The fourth-order valence-electron chi connectivity index (χ4n) is 1.36. The fraction of sp³-hybridized carbons (Fsp3) is 0. The number of H-pyrrole nitrogens is 1. The van der Waals surface area contributed by atoms with Crippen molar-refractivity contribution in [3.8, 4) is 17.2 Å². The van der Waals surface area contributed by atoms with Crippen LogP contribution in [0, 0.1) is 16.0 Å². The van der Waals surface area contributed by atoms with Gasteiger partial charge in [0.15, 0.2) is 0 Å². The number of nitrogens with one attached hydrogen (secondary N) is 1. The van der Waals surface area contributed by atoms with Crippen molar-refractivity contribution in [2.75, 3.05) is 0 Å². The zero-order valence-corrected chi connectivity index (χ0v) is 8.71. The average molecular weight is 212 g/mol. The molecule has 0 radical (unpaired) electrons. The second-order valence-corrected chi connectivity index (χ2v) is 3.57. The standard InChI is InChI=1S/C12H8N2S/c13-8-9-1-3-10(4-2-9)11-5-6-14-12(15)7-11/h1-7H,(H,14,15). The highest BCUT2D eigenvalue weighted by atomic mass is 32.1. The van der Waals surface area contributed by atoms with Crippen molar-refractivity contribution in [1.29, 1.82) is 5.26 Å². The lowest BCUT2D eigenvalue weighted by molar-refractivity contribution is 1.30. The van der Waals surface area contributed by atoms with Gasteiger partial charge in [-0.25, -0.2) is 0 Å². The minimum Gasteiger partial charge on any atom is -0.353 e. The van der Waals surface area contributed by atoms with Gasteiger partial charge in [-0.05, 0) is 35.4 Å².